The third kappa shape index (κ3) is 3.14. The van der Waals surface area contributed by atoms with Gasteiger partial charge in [0.05, 0.1) is 6.42 Å². The summed E-state index contributed by atoms with van der Waals surface area (Å²) >= 11 is 0. The molecule has 0 spiro atoms. The number of carbonyl (C=O) groups is 1. The highest BCUT2D eigenvalue weighted by Gasteiger charge is 2.38. The van der Waals surface area contributed by atoms with E-state index in [1.165, 1.54) is 18.2 Å². The van der Waals surface area contributed by atoms with Crippen LogP contribution in [0.3, 0.4) is 0 Å². The van der Waals surface area contributed by atoms with Crippen LogP contribution in [-0.4, -0.2) is 26.4 Å². The Morgan fingerprint density at radius 1 is 0.875 bits per heavy atom. The van der Waals surface area contributed by atoms with Crippen LogP contribution in [0.5, 0.6) is 28.7 Å². The lowest BCUT2D eigenvalue weighted by Gasteiger charge is -2.33. The molecule has 8 nitrogen and oxygen atoms in total. The molecule has 1 unspecified atom stereocenters. The van der Waals surface area contributed by atoms with E-state index in [-0.39, 0.29) is 52.0 Å². The molecule has 1 aromatic heterocycles. The van der Waals surface area contributed by atoms with E-state index in [9.17, 15) is 30.0 Å². The van der Waals surface area contributed by atoms with Crippen molar-refractivity contribution >= 4 is 16.9 Å². The highest BCUT2D eigenvalue weighted by atomic mass is 16.5. The largest absolute Gasteiger partial charge is 0.507 e. The van der Waals surface area contributed by atoms with Crippen molar-refractivity contribution in [3.05, 3.63) is 40.1 Å². The van der Waals surface area contributed by atoms with E-state index in [0.29, 0.717) is 5.56 Å². The molecule has 1 aliphatic carbocycles. The van der Waals surface area contributed by atoms with Gasteiger partial charge in [0.15, 0.2) is 17.3 Å². The van der Waals surface area contributed by atoms with Gasteiger partial charge < -0.3 is 29.6 Å². The van der Waals surface area contributed by atoms with E-state index in [1.54, 1.807) is 0 Å². The fourth-order valence-electron chi connectivity index (χ4n) is 5.02. The highest BCUT2D eigenvalue weighted by molar-refractivity contribution is 5.93. The molecule has 2 aromatic carbocycles. The molecule has 4 N–H and O–H groups in total. The van der Waals surface area contributed by atoms with Crippen LogP contribution in [0.4, 0.5) is 0 Å². The van der Waals surface area contributed by atoms with Crippen molar-refractivity contribution in [1.82, 2.24) is 0 Å². The number of esters is 1. The fraction of sp³-hybridized carbons (Fsp3) is 0.333. The SMILES string of the molecule is O=C1CC(C2CCCCC2)c2c(cc(O)c3c(=O)c(O)c(-c4ccc(O)c(O)c4)oc23)O1. The summed E-state index contributed by atoms with van der Waals surface area (Å²) in [5.41, 5.74) is -0.0941. The van der Waals surface area contributed by atoms with E-state index in [0.717, 1.165) is 38.2 Å². The zero-order valence-electron chi connectivity index (χ0n) is 17.1. The Balaban J connectivity index is 1.80. The van der Waals surface area contributed by atoms with Crippen LogP contribution in [0, 0.1) is 5.92 Å². The number of ether oxygens (including phenoxy) is 1. The maximum Gasteiger partial charge on any atom is 0.311 e. The normalized spacial score (nSPS) is 19.0. The lowest BCUT2D eigenvalue weighted by Crippen LogP contribution is -2.27. The van der Waals surface area contributed by atoms with Crippen LogP contribution < -0.4 is 10.2 Å². The smallest absolute Gasteiger partial charge is 0.311 e. The Bertz CT molecular complexity index is 1300. The molecule has 2 aliphatic rings. The molecule has 0 saturated heterocycles. The summed E-state index contributed by atoms with van der Waals surface area (Å²) in [6.07, 6.45) is 5.22. The van der Waals surface area contributed by atoms with Crippen molar-refractivity contribution in [2.24, 2.45) is 5.92 Å². The van der Waals surface area contributed by atoms with Gasteiger partial charge in [-0.15, -0.1) is 0 Å². The first kappa shape index (κ1) is 20.2. The van der Waals surface area contributed by atoms with Gasteiger partial charge in [0.2, 0.25) is 11.2 Å². The van der Waals surface area contributed by atoms with E-state index >= 15 is 0 Å². The summed E-state index contributed by atoms with van der Waals surface area (Å²) < 4.78 is 11.4. The van der Waals surface area contributed by atoms with Gasteiger partial charge in [0.1, 0.15) is 22.5 Å². The molecule has 3 aromatic rings. The van der Waals surface area contributed by atoms with Crippen molar-refractivity contribution in [2.75, 3.05) is 0 Å². The van der Waals surface area contributed by atoms with Gasteiger partial charge in [-0.3, -0.25) is 9.59 Å². The first-order chi connectivity index (χ1) is 15.3. The van der Waals surface area contributed by atoms with Crippen molar-refractivity contribution in [3.8, 4) is 40.1 Å². The van der Waals surface area contributed by atoms with Crippen molar-refractivity contribution < 1.29 is 34.4 Å². The first-order valence-corrected chi connectivity index (χ1v) is 10.6. The van der Waals surface area contributed by atoms with E-state index in [2.05, 4.69) is 0 Å². The lowest BCUT2D eigenvalue weighted by atomic mass is 9.74. The minimum atomic E-state index is -0.839. The van der Waals surface area contributed by atoms with Gasteiger partial charge >= 0.3 is 5.97 Å². The van der Waals surface area contributed by atoms with E-state index in [1.807, 2.05) is 0 Å². The molecule has 0 amide bonds. The van der Waals surface area contributed by atoms with Crippen LogP contribution >= 0.6 is 0 Å². The van der Waals surface area contributed by atoms with Gasteiger partial charge in [-0.2, -0.15) is 0 Å². The number of carbonyl (C=O) groups excluding carboxylic acids is 1. The molecule has 0 radical (unpaired) electrons. The quantitative estimate of drug-likeness (QED) is 0.265. The summed E-state index contributed by atoms with van der Waals surface area (Å²) in [4.78, 5) is 25.4. The topological polar surface area (TPSA) is 137 Å². The summed E-state index contributed by atoms with van der Waals surface area (Å²) in [7, 11) is 0. The second-order valence-corrected chi connectivity index (χ2v) is 8.51. The molecule has 5 rings (SSSR count). The van der Waals surface area contributed by atoms with E-state index in [4.69, 9.17) is 9.15 Å². The molecular weight excluding hydrogens is 416 g/mol. The fourth-order valence-corrected chi connectivity index (χ4v) is 5.02. The number of benzene rings is 2. The maximum atomic E-state index is 13.0. The van der Waals surface area contributed by atoms with Gasteiger partial charge in [0, 0.05) is 23.1 Å². The molecule has 166 valence electrons. The number of phenolic OH excluding ortho intramolecular Hbond substituents is 3. The molecule has 1 saturated carbocycles. The molecule has 2 heterocycles. The maximum absolute atomic E-state index is 13.0. The average Bonchev–Trinajstić information content (AvgIpc) is 2.77. The number of fused-ring (bicyclic) bond motifs is 3. The molecule has 1 aliphatic heterocycles. The number of hydrogen-bond donors (Lipinski definition) is 4. The second-order valence-electron chi connectivity index (χ2n) is 8.51. The molecule has 1 fully saturated rings. The van der Waals surface area contributed by atoms with E-state index < -0.39 is 28.6 Å². The Morgan fingerprint density at radius 2 is 1.62 bits per heavy atom. The summed E-state index contributed by atoms with van der Waals surface area (Å²) in [5.74, 6) is -2.53. The summed E-state index contributed by atoms with van der Waals surface area (Å²) in [6, 6.07) is 4.98. The van der Waals surface area contributed by atoms with Crippen LogP contribution in [0.15, 0.2) is 33.5 Å². The first-order valence-electron chi connectivity index (χ1n) is 10.6. The second kappa shape index (κ2) is 7.47. The van der Waals surface area contributed by atoms with Gasteiger partial charge in [-0.05, 0) is 37.0 Å². The lowest BCUT2D eigenvalue weighted by molar-refractivity contribution is -0.136. The molecule has 1 atom stereocenters. The van der Waals surface area contributed by atoms with Crippen LogP contribution in [-0.2, 0) is 4.79 Å². The zero-order chi connectivity index (χ0) is 22.6. The predicted molar refractivity (Wildman–Crippen MR) is 114 cm³/mol. The number of hydrogen-bond acceptors (Lipinski definition) is 8. The zero-order valence-corrected chi connectivity index (χ0v) is 17.1. The summed E-state index contributed by atoms with van der Waals surface area (Å²) in [6.45, 7) is 0. The van der Waals surface area contributed by atoms with Crippen LogP contribution in [0.25, 0.3) is 22.3 Å². The third-order valence-corrected chi connectivity index (χ3v) is 6.56. The standard InChI is InChI=1S/C24H22O8/c25-14-7-6-12(8-15(14)26)23-22(30)21(29)20-16(27)10-17-19(24(20)32-23)13(9-18(28)31-17)11-4-2-1-3-5-11/h6-8,10-11,13,25-27,30H,1-5,9H2. The van der Waals surface area contributed by atoms with Crippen LogP contribution in [0.2, 0.25) is 0 Å². The third-order valence-electron chi connectivity index (χ3n) is 6.56. The van der Waals surface area contributed by atoms with Gasteiger partial charge in [-0.25, -0.2) is 0 Å². The molecule has 8 heteroatoms. The molecule has 32 heavy (non-hydrogen) atoms. The van der Waals surface area contributed by atoms with Crippen molar-refractivity contribution in [1.29, 1.82) is 0 Å². The van der Waals surface area contributed by atoms with Gasteiger partial charge in [0.25, 0.3) is 0 Å². The monoisotopic (exact) mass is 438 g/mol. The number of aromatic hydroxyl groups is 4. The average molecular weight is 438 g/mol. The number of rotatable bonds is 2. The predicted octanol–water partition coefficient (Wildman–Crippen LogP) is 4.26. The van der Waals surface area contributed by atoms with Crippen LogP contribution in [0.1, 0.15) is 50.0 Å². The number of phenols is 3. The Kier molecular flexibility index (Phi) is 4.73. The Morgan fingerprint density at radius 3 is 2.34 bits per heavy atom. The van der Waals surface area contributed by atoms with Crippen molar-refractivity contribution in [2.45, 2.75) is 44.4 Å². The van der Waals surface area contributed by atoms with Gasteiger partial charge in [-0.1, -0.05) is 19.3 Å². The highest BCUT2D eigenvalue weighted by Crippen LogP contribution is 2.50. The molecule has 0 bridgehead atoms. The minimum Gasteiger partial charge on any atom is -0.507 e. The van der Waals surface area contributed by atoms with Crippen molar-refractivity contribution in [3.63, 3.8) is 0 Å². The molecular formula is C24H22O8. The Labute approximate surface area is 182 Å². The Hall–Kier alpha value is -3.68. The summed E-state index contributed by atoms with van der Waals surface area (Å²) in [5, 5.41) is 40.3. The minimum absolute atomic E-state index is 0.0495.